The second-order valence-electron chi connectivity index (χ2n) is 4.27. The van der Waals surface area contributed by atoms with E-state index in [-0.39, 0.29) is 5.69 Å². The average Bonchev–Trinajstić information content (AvgIpc) is 3.04. The molecule has 0 amide bonds. The Morgan fingerprint density at radius 3 is 3.00 bits per heavy atom. The molecule has 0 fully saturated rings. The largest absolute Gasteiger partial charge is 0.388 e. The summed E-state index contributed by atoms with van der Waals surface area (Å²) in [6.45, 7) is 1.58. The lowest BCUT2D eigenvalue weighted by atomic mass is 10.3. The van der Waals surface area contributed by atoms with Gasteiger partial charge in [0.15, 0.2) is 5.65 Å². The van der Waals surface area contributed by atoms with Crippen molar-refractivity contribution in [2.75, 3.05) is 0 Å². The molecule has 1 unspecified atom stereocenters. The molecule has 0 saturated carbocycles. The Balaban J connectivity index is 2.03. The summed E-state index contributed by atoms with van der Waals surface area (Å²) < 4.78 is 2.24. The Labute approximate surface area is 127 Å². The predicted octanol–water partition coefficient (Wildman–Crippen LogP) is 2.90. The summed E-state index contributed by atoms with van der Waals surface area (Å²) in [5, 5.41) is 29.3. The highest BCUT2D eigenvalue weighted by Gasteiger charge is 2.23. The molecular weight excluding hydrogens is 312 g/mol. The van der Waals surface area contributed by atoms with Gasteiger partial charge >= 0.3 is 0 Å². The summed E-state index contributed by atoms with van der Waals surface area (Å²) in [5.41, 5.74) is 0.656. The molecule has 0 aromatic carbocycles. The van der Waals surface area contributed by atoms with Crippen LogP contribution in [0, 0.1) is 10.1 Å². The fourth-order valence-electron chi connectivity index (χ4n) is 1.76. The van der Waals surface area contributed by atoms with Gasteiger partial charge in [0.1, 0.15) is 4.21 Å². The normalized spacial score (nSPS) is 12.7. The second kappa shape index (κ2) is 5.43. The third kappa shape index (κ3) is 2.62. The van der Waals surface area contributed by atoms with Crippen LogP contribution < -0.4 is 0 Å². The monoisotopic (exact) mass is 322 g/mol. The molecule has 3 aromatic rings. The zero-order valence-electron chi connectivity index (χ0n) is 10.8. The van der Waals surface area contributed by atoms with Gasteiger partial charge in [0.2, 0.25) is 5.16 Å². The number of thiophene rings is 1. The fourth-order valence-corrected chi connectivity index (χ4v) is 3.97. The molecule has 0 saturated heterocycles. The van der Waals surface area contributed by atoms with Gasteiger partial charge in [-0.25, -0.2) is 0 Å². The first-order chi connectivity index (χ1) is 10.1. The molecular formula is C12H10N4O3S2. The van der Waals surface area contributed by atoms with Crippen LogP contribution in [0.5, 0.6) is 0 Å². The standard InChI is InChI=1S/C12H10N4O3S2/c1-7(17)9-6-8(16(18)19)11(20-9)21-12-14-13-10-4-2-3-5-15(10)12/h2-7,17H,1H3. The fraction of sp³-hybridized carbons (Fsp3) is 0.167. The van der Waals surface area contributed by atoms with Gasteiger partial charge in [0, 0.05) is 17.1 Å². The SMILES string of the molecule is CC(O)c1cc([N+](=O)[O-])c(Sc2nnc3ccccn23)s1. The molecule has 0 radical (unpaired) electrons. The van der Waals surface area contributed by atoms with Crippen LogP contribution in [0.15, 0.2) is 39.8 Å². The number of hydrogen-bond acceptors (Lipinski definition) is 7. The minimum absolute atomic E-state index is 0.0198. The zero-order valence-corrected chi connectivity index (χ0v) is 12.5. The van der Waals surface area contributed by atoms with E-state index in [1.807, 2.05) is 12.1 Å². The highest BCUT2D eigenvalue weighted by atomic mass is 32.2. The van der Waals surface area contributed by atoms with Gasteiger partial charge < -0.3 is 5.11 Å². The molecule has 0 bridgehead atoms. The smallest absolute Gasteiger partial charge is 0.294 e. The van der Waals surface area contributed by atoms with Gasteiger partial charge in [-0.05, 0) is 30.8 Å². The molecule has 0 aliphatic rings. The van der Waals surface area contributed by atoms with Crippen molar-refractivity contribution < 1.29 is 10.0 Å². The molecule has 1 N–H and O–H groups in total. The van der Waals surface area contributed by atoms with Gasteiger partial charge in [0.05, 0.1) is 11.0 Å². The molecule has 0 spiro atoms. The zero-order chi connectivity index (χ0) is 15.0. The van der Waals surface area contributed by atoms with Crippen molar-refractivity contribution in [3.05, 3.63) is 45.5 Å². The van der Waals surface area contributed by atoms with E-state index in [0.29, 0.717) is 19.9 Å². The predicted molar refractivity (Wildman–Crippen MR) is 78.7 cm³/mol. The summed E-state index contributed by atoms with van der Waals surface area (Å²) in [6.07, 6.45) is 1.06. The van der Waals surface area contributed by atoms with Crippen LogP contribution in [0.25, 0.3) is 5.65 Å². The average molecular weight is 322 g/mol. The summed E-state index contributed by atoms with van der Waals surface area (Å²) in [7, 11) is 0. The van der Waals surface area contributed by atoms with Crippen LogP contribution in [-0.2, 0) is 0 Å². The van der Waals surface area contributed by atoms with E-state index in [4.69, 9.17) is 0 Å². The number of aromatic nitrogens is 3. The van der Waals surface area contributed by atoms with Crippen LogP contribution in [0.2, 0.25) is 0 Å². The van der Waals surface area contributed by atoms with Crippen LogP contribution >= 0.6 is 23.1 Å². The number of fused-ring (bicyclic) bond motifs is 1. The number of nitro groups is 1. The Morgan fingerprint density at radius 2 is 2.29 bits per heavy atom. The van der Waals surface area contributed by atoms with Gasteiger partial charge in [0.25, 0.3) is 5.69 Å². The lowest BCUT2D eigenvalue weighted by Gasteiger charge is -1.97. The number of pyridine rings is 1. The molecule has 3 rings (SSSR count). The van der Waals surface area contributed by atoms with E-state index in [1.165, 1.54) is 29.2 Å². The maximum Gasteiger partial charge on any atom is 0.294 e. The Morgan fingerprint density at radius 1 is 1.48 bits per heavy atom. The molecule has 3 heterocycles. The number of aliphatic hydroxyl groups is 1. The van der Waals surface area contributed by atoms with Crippen molar-refractivity contribution in [3.63, 3.8) is 0 Å². The van der Waals surface area contributed by atoms with Gasteiger partial charge in [-0.15, -0.1) is 21.5 Å². The Hall–Kier alpha value is -1.97. The topological polar surface area (TPSA) is 93.6 Å². The van der Waals surface area contributed by atoms with Gasteiger partial charge in [-0.1, -0.05) is 6.07 Å². The minimum Gasteiger partial charge on any atom is -0.388 e. The molecule has 1 atom stereocenters. The van der Waals surface area contributed by atoms with Crippen LogP contribution in [0.3, 0.4) is 0 Å². The molecule has 21 heavy (non-hydrogen) atoms. The number of hydrogen-bond donors (Lipinski definition) is 1. The lowest BCUT2D eigenvalue weighted by Crippen LogP contribution is -1.89. The molecule has 3 aromatic heterocycles. The summed E-state index contributed by atoms with van der Waals surface area (Å²) in [6, 6.07) is 6.89. The second-order valence-corrected chi connectivity index (χ2v) is 6.59. The lowest BCUT2D eigenvalue weighted by molar-refractivity contribution is -0.387. The van der Waals surface area contributed by atoms with E-state index < -0.39 is 11.0 Å². The first-order valence-electron chi connectivity index (χ1n) is 6.00. The first kappa shape index (κ1) is 14.0. The molecule has 0 aliphatic heterocycles. The van der Waals surface area contributed by atoms with E-state index in [2.05, 4.69) is 10.2 Å². The van der Waals surface area contributed by atoms with E-state index in [9.17, 15) is 15.2 Å². The minimum atomic E-state index is -0.738. The maximum atomic E-state index is 11.1. The summed E-state index contributed by atoms with van der Waals surface area (Å²) in [4.78, 5) is 11.2. The Bertz CT molecular complexity index is 812. The maximum absolute atomic E-state index is 11.1. The number of aliphatic hydroxyl groups excluding tert-OH is 1. The third-order valence-electron chi connectivity index (χ3n) is 2.77. The van der Waals surface area contributed by atoms with Gasteiger partial charge in [-0.2, -0.15) is 0 Å². The third-order valence-corrected chi connectivity index (χ3v) is 5.22. The van der Waals surface area contributed by atoms with E-state index in [1.54, 1.807) is 23.6 Å². The van der Waals surface area contributed by atoms with Crippen molar-refractivity contribution in [3.8, 4) is 0 Å². The van der Waals surface area contributed by atoms with E-state index >= 15 is 0 Å². The summed E-state index contributed by atoms with van der Waals surface area (Å²) in [5.74, 6) is 0. The van der Waals surface area contributed by atoms with Crippen molar-refractivity contribution in [2.24, 2.45) is 0 Å². The van der Waals surface area contributed by atoms with Crippen LogP contribution in [0.4, 0.5) is 5.69 Å². The van der Waals surface area contributed by atoms with Crippen LogP contribution in [0.1, 0.15) is 17.9 Å². The first-order valence-corrected chi connectivity index (χ1v) is 7.63. The molecule has 108 valence electrons. The van der Waals surface area contributed by atoms with Crippen molar-refractivity contribution in [1.82, 2.24) is 14.6 Å². The number of nitrogens with zero attached hydrogens (tertiary/aromatic N) is 4. The quantitative estimate of drug-likeness (QED) is 0.586. The van der Waals surface area contributed by atoms with Crippen molar-refractivity contribution in [2.45, 2.75) is 22.4 Å². The molecule has 9 heteroatoms. The Kier molecular flexibility index (Phi) is 3.62. The van der Waals surface area contributed by atoms with Crippen molar-refractivity contribution in [1.29, 1.82) is 0 Å². The number of rotatable bonds is 4. The molecule has 7 nitrogen and oxygen atoms in total. The highest BCUT2D eigenvalue weighted by molar-refractivity contribution is 8.01. The highest BCUT2D eigenvalue weighted by Crippen LogP contribution is 2.42. The van der Waals surface area contributed by atoms with Gasteiger partial charge in [-0.3, -0.25) is 14.5 Å². The van der Waals surface area contributed by atoms with Crippen molar-refractivity contribution >= 4 is 34.4 Å². The van der Waals surface area contributed by atoms with Crippen LogP contribution in [-0.4, -0.2) is 24.6 Å². The summed E-state index contributed by atoms with van der Waals surface area (Å²) >= 11 is 2.36. The molecule has 0 aliphatic carbocycles. The van der Waals surface area contributed by atoms with E-state index in [0.717, 1.165) is 0 Å².